The maximum absolute atomic E-state index is 4.14. The molecule has 1 heterocycles. The quantitative estimate of drug-likeness (QED) is 0.547. The van der Waals surface area contributed by atoms with Crippen molar-refractivity contribution < 1.29 is 0 Å². The lowest BCUT2D eigenvalue weighted by Gasteiger charge is -1.99. The Bertz CT molecular complexity index is 284. The number of nitrogens with zero attached hydrogens (tertiary/aromatic N) is 2. The van der Waals surface area contributed by atoms with Gasteiger partial charge in [0.05, 0.1) is 5.69 Å². The number of hydrogen-bond donors (Lipinski definition) is 1. The normalized spacial score (nSPS) is 9.00. The van der Waals surface area contributed by atoms with E-state index in [4.69, 9.17) is 0 Å². The van der Waals surface area contributed by atoms with Gasteiger partial charge in [0, 0.05) is 38.1 Å². The maximum Gasteiger partial charge on any atom is 0.0724 e. The Morgan fingerprint density at radius 3 is 3.08 bits per heavy atom. The summed E-state index contributed by atoms with van der Waals surface area (Å²) in [7, 11) is 0. The highest BCUT2D eigenvalue weighted by Crippen LogP contribution is 1.88. The smallest absolute Gasteiger partial charge is 0.0724 e. The van der Waals surface area contributed by atoms with Crippen LogP contribution in [-0.2, 0) is 6.54 Å². The predicted molar refractivity (Wildman–Crippen MR) is 51.8 cm³/mol. The van der Waals surface area contributed by atoms with E-state index in [2.05, 4.69) is 27.1 Å². The third kappa shape index (κ3) is 4.24. The average molecular weight is 175 g/mol. The van der Waals surface area contributed by atoms with Crippen molar-refractivity contribution in [3.05, 3.63) is 24.3 Å². The van der Waals surface area contributed by atoms with E-state index < -0.39 is 0 Å². The molecule has 0 saturated heterocycles. The van der Waals surface area contributed by atoms with Crippen molar-refractivity contribution in [2.75, 3.05) is 6.54 Å². The zero-order valence-corrected chi connectivity index (χ0v) is 7.75. The number of nitrogens with one attached hydrogen (secondary N) is 1. The molecule has 0 aliphatic heterocycles. The summed E-state index contributed by atoms with van der Waals surface area (Å²) >= 11 is 0. The van der Waals surface area contributed by atoms with Gasteiger partial charge in [-0.05, 0) is 6.92 Å². The average Bonchev–Trinajstić information content (AvgIpc) is 2.19. The molecule has 1 aromatic heterocycles. The minimum absolute atomic E-state index is 0.763. The molecule has 0 aliphatic rings. The molecule has 0 amide bonds. The topological polar surface area (TPSA) is 37.8 Å². The molecule has 1 rings (SSSR count). The van der Waals surface area contributed by atoms with Crippen LogP contribution in [0.3, 0.4) is 0 Å². The van der Waals surface area contributed by atoms with Gasteiger partial charge in [0.25, 0.3) is 0 Å². The lowest BCUT2D eigenvalue weighted by atomic mass is 10.4. The lowest BCUT2D eigenvalue weighted by molar-refractivity contribution is 0.684. The zero-order chi connectivity index (χ0) is 9.36. The summed E-state index contributed by atoms with van der Waals surface area (Å²) in [4.78, 5) is 8.10. The molecule has 0 aromatic carbocycles. The number of rotatable bonds is 4. The molecule has 0 bridgehead atoms. The van der Waals surface area contributed by atoms with E-state index in [-0.39, 0.29) is 0 Å². The van der Waals surface area contributed by atoms with Gasteiger partial charge in [0.1, 0.15) is 0 Å². The highest BCUT2D eigenvalue weighted by atomic mass is 14.9. The van der Waals surface area contributed by atoms with Crippen LogP contribution in [0.1, 0.15) is 19.0 Å². The highest BCUT2D eigenvalue weighted by molar-refractivity contribution is 4.96. The van der Waals surface area contributed by atoms with Gasteiger partial charge < -0.3 is 5.32 Å². The van der Waals surface area contributed by atoms with E-state index in [1.807, 2.05) is 6.92 Å². The number of hydrogen-bond acceptors (Lipinski definition) is 3. The summed E-state index contributed by atoms with van der Waals surface area (Å²) < 4.78 is 0. The third-order valence-corrected chi connectivity index (χ3v) is 1.53. The van der Waals surface area contributed by atoms with Crippen LogP contribution < -0.4 is 5.32 Å². The van der Waals surface area contributed by atoms with Crippen molar-refractivity contribution in [1.82, 2.24) is 15.3 Å². The van der Waals surface area contributed by atoms with E-state index in [9.17, 15) is 0 Å². The molecule has 13 heavy (non-hydrogen) atoms. The first kappa shape index (κ1) is 9.69. The van der Waals surface area contributed by atoms with Crippen LogP contribution in [0.5, 0.6) is 0 Å². The fourth-order valence-corrected chi connectivity index (χ4v) is 0.914. The van der Waals surface area contributed by atoms with E-state index in [1.54, 1.807) is 18.6 Å². The molecule has 3 nitrogen and oxygen atoms in total. The Hall–Kier alpha value is -1.40. The van der Waals surface area contributed by atoms with E-state index >= 15 is 0 Å². The molecular formula is C10H13N3. The molecule has 1 N–H and O–H groups in total. The van der Waals surface area contributed by atoms with Crippen molar-refractivity contribution in [3.8, 4) is 11.8 Å². The Balaban J connectivity index is 2.16. The maximum atomic E-state index is 4.14. The first-order valence-corrected chi connectivity index (χ1v) is 4.28. The fraction of sp³-hybridized carbons (Fsp3) is 0.400. The van der Waals surface area contributed by atoms with Gasteiger partial charge >= 0.3 is 0 Å². The van der Waals surface area contributed by atoms with E-state index in [0.717, 1.165) is 25.2 Å². The van der Waals surface area contributed by atoms with E-state index in [0.29, 0.717) is 0 Å². The third-order valence-electron chi connectivity index (χ3n) is 1.53. The van der Waals surface area contributed by atoms with Crippen LogP contribution in [0.4, 0.5) is 0 Å². The summed E-state index contributed by atoms with van der Waals surface area (Å²) in [6, 6.07) is 0. The Labute approximate surface area is 78.6 Å². The molecular weight excluding hydrogens is 162 g/mol. The molecule has 0 atom stereocenters. The molecule has 1 aromatic rings. The highest BCUT2D eigenvalue weighted by Gasteiger charge is 1.90. The zero-order valence-electron chi connectivity index (χ0n) is 7.75. The van der Waals surface area contributed by atoms with Crippen LogP contribution in [-0.4, -0.2) is 16.5 Å². The molecule has 68 valence electrons. The molecule has 0 spiro atoms. The van der Waals surface area contributed by atoms with Crippen LogP contribution >= 0.6 is 0 Å². The monoisotopic (exact) mass is 175 g/mol. The van der Waals surface area contributed by atoms with Gasteiger partial charge in [-0.1, -0.05) is 0 Å². The fourth-order valence-electron chi connectivity index (χ4n) is 0.914. The SMILES string of the molecule is CC#CCCNCc1cnccn1. The van der Waals surface area contributed by atoms with Crippen molar-refractivity contribution >= 4 is 0 Å². The second kappa shape index (κ2) is 6.15. The Kier molecular flexibility index (Phi) is 4.58. The summed E-state index contributed by atoms with van der Waals surface area (Å²) in [5.74, 6) is 5.83. The summed E-state index contributed by atoms with van der Waals surface area (Å²) in [5, 5.41) is 3.23. The molecule has 3 heteroatoms. The lowest BCUT2D eigenvalue weighted by Crippen LogP contribution is -2.15. The van der Waals surface area contributed by atoms with Gasteiger partial charge in [-0.15, -0.1) is 11.8 Å². The van der Waals surface area contributed by atoms with Gasteiger partial charge in [0.2, 0.25) is 0 Å². The van der Waals surface area contributed by atoms with Crippen molar-refractivity contribution in [3.63, 3.8) is 0 Å². The van der Waals surface area contributed by atoms with Gasteiger partial charge in [-0.3, -0.25) is 9.97 Å². The molecule has 0 unspecified atom stereocenters. The first-order chi connectivity index (χ1) is 6.43. The van der Waals surface area contributed by atoms with Crippen LogP contribution in [0.2, 0.25) is 0 Å². The van der Waals surface area contributed by atoms with Crippen molar-refractivity contribution in [2.24, 2.45) is 0 Å². The standard InChI is InChI=1S/C10H13N3/c1-2-3-4-5-11-8-10-9-12-6-7-13-10/h6-7,9,11H,4-5,8H2,1H3. The second-order valence-corrected chi connectivity index (χ2v) is 2.55. The summed E-state index contributed by atoms with van der Waals surface area (Å²) in [6.07, 6.45) is 6.02. The molecule has 0 radical (unpaired) electrons. The van der Waals surface area contributed by atoms with Crippen LogP contribution in [0.15, 0.2) is 18.6 Å². The minimum Gasteiger partial charge on any atom is -0.310 e. The molecule has 0 fully saturated rings. The first-order valence-electron chi connectivity index (χ1n) is 4.28. The van der Waals surface area contributed by atoms with Crippen molar-refractivity contribution in [2.45, 2.75) is 19.9 Å². The van der Waals surface area contributed by atoms with Crippen molar-refractivity contribution in [1.29, 1.82) is 0 Å². The second-order valence-electron chi connectivity index (χ2n) is 2.55. The largest absolute Gasteiger partial charge is 0.310 e. The minimum atomic E-state index is 0.763. The predicted octanol–water partition coefficient (Wildman–Crippen LogP) is 0.980. The van der Waals surface area contributed by atoms with Gasteiger partial charge in [-0.2, -0.15) is 0 Å². The molecule has 0 aliphatic carbocycles. The van der Waals surface area contributed by atoms with Gasteiger partial charge in [-0.25, -0.2) is 0 Å². The Morgan fingerprint density at radius 2 is 2.38 bits per heavy atom. The van der Waals surface area contributed by atoms with Crippen LogP contribution in [0, 0.1) is 11.8 Å². The van der Waals surface area contributed by atoms with Gasteiger partial charge in [0.15, 0.2) is 0 Å². The number of aromatic nitrogens is 2. The molecule has 0 saturated carbocycles. The summed E-state index contributed by atoms with van der Waals surface area (Å²) in [5.41, 5.74) is 0.965. The van der Waals surface area contributed by atoms with E-state index in [1.165, 1.54) is 0 Å². The Morgan fingerprint density at radius 1 is 1.46 bits per heavy atom. The van der Waals surface area contributed by atoms with Crippen LogP contribution in [0.25, 0.3) is 0 Å². The summed E-state index contributed by atoms with van der Waals surface area (Å²) in [6.45, 7) is 3.51.